The summed E-state index contributed by atoms with van der Waals surface area (Å²) < 4.78 is 0. The molecule has 3 rings (SSSR count). The van der Waals surface area contributed by atoms with Crippen LogP contribution < -0.4 is 5.32 Å². The van der Waals surface area contributed by atoms with E-state index in [9.17, 15) is 9.59 Å². The maximum Gasteiger partial charge on any atom is 0.242 e. The van der Waals surface area contributed by atoms with Crippen LogP contribution in [0.25, 0.3) is 0 Å². The average molecular weight is 306 g/mol. The average Bonchev–Trinajstić information content (AvgIpc) is 2.86. The van der Waals surface area contributed by atoms with Crippen LogP contribution in [0.3, 0.4) is 0 Å². The number of carbonyl (C=O) groups excluding carboxylic acids is 2. The van der Waals surface area contributed by atoms with Crippen molar-refractivity contribution >= 4 is 36.0 Å². The summed E-state index contributed by atoms with van der Waals surface area (Å²) in [6.45, 7) is 1.91. The first kappa shape index (κ1) is 14.9. The standard InChI is InChI=1S/C12H19N3O2S.ClH/c16-11(6-15-8-18-7-12(15)17)14-4-3-9-1-2-10(5-14)13-9;/h9-10,13H,1-8H2;1H. The molecule has 0 radical (unpaired) electrons. The second-order valence-corrected chi connectivity index (χ2v) is 6.29. The normalized spacial score (nSPS) is 30.2. The maximum absolute atomic E-state index is 12.2. The Bertz CT molecular complexity index is 369. The van der Waals surface area contributed by atoms with Crippen molar-refractivity contribution < 1.29 is 9.59 Å². The van der Waals surface area contributed by atoms with Gasteiger partial charge in [0.1, 0.15) is 6.54 Å². The molecule has 7 heteroatoms. The van der Waals surface area contributed by atoms with Gasteiger partial charge in [0, 0.05) is 25.2 Å². The van der Waals surface area contributed by atoms with Gasteiger partial charge in [-0.3, -0.25) is 9.59 Å². The van der Waals surface area contributed by atoms with Gasteiger partial charge in [-0.15, -0.1) is 24.2 Å². The molecule has 0 aromatic carbocycles. The van der Waals surface area contributed by atoms with E-state index in [1.165, 1.54) is 12.8 Å². The lowest BCUT2D eigenvalue weighted by molar-refractivity contribution is -0.138. The molecule has 5 nitrogen and oxygen atoms in total. The Morgan fingerprint density at radius 3 is 2.84 bits per heavy atom. The molecule has 2 unspecified atom stereocenters. The highest BCUT2D eigenvalue weighted by Crippen LogP contribution is 2.21. The lowest BCUT2D eigenvalue weighted by Gasteiger charge is -2.26. The zero-order chi connectivity index (χ0) is 12.5. The summed E-state index contributed by atoms with van der Waals surface area (Å²) in [4.78, 5) is 27.3. The van der Waals surface area contributed by atoms with Crippen molar-refractivity contribution in [1.29, 1.82) is 0 Å². The fourth-order valence-corrected chi connectivity index (χ4v) is 3.88. The van der Waals surface area contributed by atoms with Gasteiger partial charge in [0.05, 0.1) is 11.6 Å². The highest BCUT2D eigenvalue weighted by atomic mass is 35.5. The molecule has 0 aromatic heterocycles. The summed E-state index contributed by atoms with van der Waals surface area (Å²) in [6.07, 6.45) is 3.46. The van der Waals surface area contributed by atoms with Crippen LogP contribution in [0.15, 0.2) is 0 Å². The smallest absolute Gasteiger partial charge is 0.242 e. The van der Waals surface area contributed by atoms with E-state index >= 15 is 0 Å². The molecular weight excluding hydrogens is 286 g/mol. The molecule has 0 aliphatic carbocycles. The molecular formula is C12H20ClN3O2S. The first-order chi connectivity index (χ1) is 8.72. The summed E-state index contributed by atoms with van der Waals surface area (Å²) >= 11 is 1.59. The number of halogens is 1. The monoisotopic (exact) mass is 305 g/mol. The Hall–Kier alpha value is -0.460. The van der Waals surface area contributed by atoms with E-state index in [-0.39, 0.29) is 30.8 Å². The van der Waals surface area contributed by atoms with Gasteiger partial charge in [-0.2, -0.15) is 0 Å². The van der Waals surface area contributed by atoms with Gasteiger partial charge >= 0.3 is 0 Å². The van der Waals surface area contributed by atoms with Crippen molar-refractivity contribution in [2.24, 2.45) is 0 Å². The second-order valence-electron chi connectivity index (χ2n) is 5.34. The lowest BCUT2D eigenvalue weighted by Crippen LogP contribution is -2.44. The van der Waals surface area contributed by atoms with Gasteiger partial charge in [0.25, 0.3) is 0 Å². The molecule has 2 bridgehead atoms. The number of rotatable bonds is 2. The number of likely N-dealkylation sites (tertiary alicyclic amines) is 1. The maximum atomic E-state index is 12.2. The molecule has 0 spiro atoms. The summed E-state index contributed by atoms with van der Waals surface area (Å²) in [7, 11) is 0. The first-order valence-electron chi connectivity index (χ1n) is 6.62. The fraction of sp³-hybridized carbons (Fsp3) is 0.833. The number of nitrogens with one attached hydrogen (secondary N) is 1. The Morgan fingerprint density at radius 2 is 2.11 bits per heavy atom. The molecule has 3 fully saturated rings. The minimum absolute atomic E-state index is 0. The van der Waals surface area contributed by atoms with Crippen molar-refractivity contribution in [3.63, 3.8) is 0 Å². The summed E-state index contributed by atoms with van der Waals surface area (Å²) in [5.74, 6) is 1.41. The van der Waals surface area contributed by atoms with Gasteiger partial charge in [-0.1, -0.05) is 0 Å². The van der Waals surface area contributed by atoms with Crippen LogP contribution in [0.1, 0.15) is 19.3 Å². The van der Waals surface area contributed by atoms with Crippen LogP contribution in [0.2, 0.25) is 0 Å². The third kappa shape index (κ3) is 3.35. The van der Waals surface area contributed by atoms with E-state index in [2.05, 4.69) is 5.32 Å². The minimum atomic E-state index is 0. The van der Waals surface area contributed by atoms with Crippen LogP contribution >= 0.6 is 24.2 Å². The zero-order valence-corrected chi connectivity index (χ0v) is 12.5. The Balaban J connectivity index is 0.00000133. The van der Waals surface area contributed by atoms with Crippen molar-refractivity contribution in [3.05, 3.63) is 0 Å². The third-order valence-electron chi connectivity index (χ3n) is 4.03. The molecule has 1 N–H and O–H groups in total. The predicted molar refractivity (Wildman–Crippen MR) is 77.4 cm³/mol. The Morgan fingerprint density at radius 1 is 1.32 bits per heavy atom. The quantitative estimate of drug-likeness (QED) is 0.797. The molecule has 3 aliphatic rings. The first-order valence-corrected chi connectivity index (χ1v) is 7.77. The molecule has 19 heavy (non-hydrogen) atoms. The highest BCUT2D eigenvalue weighted by molar-refractivity contribution is 8.00. The predicted octanol–water partition coefficient (Wildman–Crippen LogP) is 0.294. The highest BCUT2D eigenvalue weighted by Gasteiger charge is 2.32. The Labute approximate surface area is 123 Å². The zero-order valence-electron chi connectivity index (χ0n) is 10.8. The molecule has 3 saturated heterocycles. The molecule has 3 heterocycles. The van der Waals surface area contributed by atoms with Crippen molar-refractivity contribution in [1.82, 2.24) is 15.1 Å². The van der Waals surface area contributed by atoms with Gasteiger partial charge in [0.2, 0.25) is 11.8 Å². The van der Waals surface area contributed by atoms with Crippen molar-refractivity contribution in [3.8, 4) is 0 Å². The van der Waals surface area contributed by atoms with E-state index in [1.54, 1.807) is 16.7 Å². The van der Waals surface area contributed by atoms with Gasteiger partial charge in [-0.25, -0.2) is 0 Å². The van der Waals surface area contributed by atoms with Gasteiger partial charge in [0.15, 0.2) is 0 Å². The molecule has 2 amide bonds. The van der Waals surface area contributed by atoms with E-state index < -0.39 is 0 Å². The minimum Gasteiger partial charge on any atom is -0.340 e. The molecule has 0 aromatic rings. The topological polar surface area (TPSA) is 52.7 Å². The molecule has 0 saturated carbocycles. The summed E-state index contributed by atoms with van der Waals surface area (Å²) in [5.41, 5.74) is 0. The number of hydrogen-bond acceptors (Lipinski definition) is 4. The van der Waals surface area contributed by atoms with Crippen molar-refractivity contribution in [2.75, 3.05) is 31.3 Å². The van der Waals surface area contributed by atoms with Crippen molar-refractivity contribution in [2.45, 2.75) is 31.3 Å². The number of nitrogens with zero attached hydrogens (tertiary/aromatic N) is 2. The number of fused-ring (bicyclic) bond motifs is 2. The molecule has 108 valence electrons. The summed E-state index contributed by atoms with van der Waals surface area (Å²) in [5, 5.41) is 3.56. The lowest BCUT2D eigenvalue weighted by atomic mass is 10.1. The third-order valence-corrected chi connectivity index (χ3v) is 4.97. The van der Waals surface area contributed by atoms with Crippen LogP contribution in [0.5, 0.6) is 0 Å². The molecule has 2 atom stereocenters. The van der Waals surface area contributed by atoms with Crippen LogP contribution in [0, 0.1) is 0 Å². The van der Waals surface area contributed by atoms with Crippen LogP contribution in [-0.4, -0.2) is 65.0 Å². The largest absolute Gasteiger partial charge is 0.340 e. The number of hydrogen-bond donors (Lipinski definition) is 1. The van der Waals surface area contributed by atoms with Gasteiger partial charge < -0.3 is 15.1 Å². The Kier molecular flexibility index (Phi) is 4.97. The summed E-state index contributed by atoms with van der Waals surface area (Å²) in [6, 6.07) is 1.06. The van der Waals surface area contributed by atoms with E-state index in [1.807, 2.05) is 4.90 Å². The van der Waals surface area contributed by atoms with Gasteiger partial charge in [-0.05, 0) is 19.3 Å². The number of carbonyl (C=O) groups is 2. The van der Waals surface area contributed by atoms with E-state index in [4.69, 9.17) is 0 Å². The fourth-order valence-electron chi connectivity index (χ4n) is 2.97. The second kappa shape index (κ2) is 6.33. The SMILES string of the molecule is Cl.O=C1CSCN1CC(=O)N1CCC2CCC(C1)N2. The molecule has 3 aliphatic heterocycles. The van der Waals surface area contributed by atoms with E-state index in [0.29, 0.717) is 23.7 Å². The van der Waals surface area contributed by atoms with E-state index in [0.717, 1.165) is 19.5 Å². The number of amides is 2. The number of thioether (sulfide) groups is 1. The van der Waals surface area contributed by atoms with Crippen LogP contribution in [-0.2, 0) is 9.59 Å². The van der Waals surface area contributed by atoms with Crippen LogP contribution in [0.4, 0.5) is 0 Å².